The molecule has 0 aromatic carbocycles. The summed E-state index contributed by atoms with van der Waals surface area (Å²) in [6, 6.07) is 3.70. The Morgan fingerprint density at radius 3 is 3.06 bits per heavy atom. The Bertz CT molecular complexity index is 489. The number of carbonyl (C=O) groups excluding carboxylic acids is 2. The summed E-state index contributed by atoms with van der Waals surface area (Å²) in [6.45, 7) is 2.04. The summed E-state index contributed by atoms with van der Waals surface area (Å²) >= 11 is 2.08. The fourth-order valence-electron chi connectivity index (χ4n) is 2.18. The number of ketones is 1. The molecule has 1 aromatic heterocycles. The zero-order valence-corrected chi connectivity index (χ0v) is 12.3. The van der Waals surface area contributed by atoms with Crippen LogP contribution in [-0.4, -0.2) is 27.8 Å². The molecule has 1 heterocycles. The van der Waals surface area contributed by atoms with Crippen molar-refractivity contribution in [2.75, 3.05) is 11.0 Å². The summed E-state index contributed by atoms with van der Waals surface area (Å²) in [5, 5.41) is 0. The summed E-state index contributed by atoms with van der Waals surface area (Å²) in [7, 11) is 0. The number of ether oxygens (including phenoxy) is 1. The Kier molecular flexibility index (Phi) is 3.99. The largest absolute Gasteiger partial charge is 0.465 e. The number of alkyl halides is 1. The quantitative estimate of drug-likeness (QED) is 0.359. The molecule has 0 radical (unpaired) electrons. The Morgan fingerprint density at radius 2 is 2.39 bits per heavy atom. The first-order valence-electron chi connectivity index (χ1n) is 5.87. The van der Waals surface area contributed by atoms with E-state index in [2.05, 4.69) is 27.6 Å². The highest BCUT2D eigenvalue weighted by atomic mass is 127. The van der Waals surface area contributed by atoms with Crippen LogP contribution in [-0.2, 0) is 16.0 Å². The van der Waals surface area contributed by atoms with E-state index in [1.54, 1.807) is 13.1 Å². The lowest BCUT2D eigenvalue weighted by molar-refractivity contribution is -0.151. The van der Waals surface area contributed by atoms with Crippen molar-refractivity contribution in [3.63, 3.8) is 0 Å². The standard InChI is InChI=1S/C13H14INO3/c1-2-18-12(17)13(8-14)6-5-9-4-3-7-15-10(9)11(13)16/h3-4,7H,2,5-6,8H2,1H3. The minimum atomic E-state index is -1.04. The van der Waals surface area contributed by atoms with Gasteiger partial charge in [0.1, 0.15) is 11.1 Å². The molecule has 0 saturated carbocycles. The number of pyridine rings is 1. The predicted octanol–water partition coefficient (Wildman–Crippen LogP) is 2.20. The van der Waals surface area contributed by atoms with Crippen LogP contribution in [0.25, 0.3) is 0 Å². The lowest BCUT2D eigenvalue weighted by Gasteiger charge is -2.32. The number of Topliss-reactive ketones (excluding diaryl/α,β-unsaturated/α-hetero) is 1. The summed E-state index contributed by atoms with van der Waals surface area (Å²) in [4.78, 5) is 28.7. The van der Waals surface area contributed by atoms with Crippen LogP contribution in [0.15, 0.2) is 18.3 Å². The molecule has 2 rings (SSSR count). The van der Waals surface area contributed by atoms with Crippen molar-refractivity contribution >= 4 is 34.3 Å². The molecule has 0 bridgehead atoms. The van der Waals surface area contributed by atoms with Gasteiger partial charge in [-0.15, -0.1) is 0 Å². The molecular formula is C13H14INO3. The molecule has 18 heavy (non-hydrogen) atoms. The Morgan fingerprint density at radius 1 is 1.61 bits per heavy atom. The van der Waals surface area contributed by atoms with Gasteiger partial charge < -0.3 is 4.74 Å². The second-order valence-corrected chi connectivity index (χ2v) is 5.04. The van der Waals surface area contributed by atoms with Crippen LogP contribution in [0.1, 0.15) is 29.4 Å². The highest BCUT2D eigenvalue weighted by Crippen LogP contribution is 2.37. The third-order valence-electron chi connectivity index (χ3n) is 3.26. The van der Waals surface area contributed by atoms with Crippen molar-refractivity contribution in [3.05, 3.63) is 29.6 Å². The number of hydrogen-bond donors (Lipinski definition) is 0. The number of fused-ring (bicyclic) bond motifs is 1. The predicted molar refractivity (Wildman–Crippen MR) is 74.8 cm³/mol. The maximum absolute atomic E-state index is 12.5. The monoisotopic (exact) mass is 359 g/mol. The molecule has 96 valence electrons. The van der Waals surface area contributed by atoms with Crippen LogP contribution < -0.4 is 0 Å². The Labute approximate surface area is 119 Å². The second-order valence-electron chi connectivity index (χ2n) is 4.28. The number of hydrogen-bond acceptors (Lipinski definition) is 4. The van der Waals surface area contributed by atoms with Gasteiger partial charge in [-0.05, 0) is 31.4 Å². The normalized spacial score (nSPS) is 22.4. The van der Waals surface area contributed by atoms with Gasteiger partial charge in [-0.1, -0.05) is 28.7 Å². The van der Waals surface area contributed by atoms with Crippen molar-refractivity contribution < 1.29 is 14.3 Å². The van der Waals surface area contributed by atoms with Gasteiger partial charge in [0.2, 0.25) is 0 Å². The molecule has 1 unspecified atom stereocenters. The molecule has 0 amide bonds. The van der Waals surface area contributed by atoms with Crippen molar-refractivity contribution in [1.82, 2.24) is 4.98 Å². The van der Waals surface area contributed by atoms with Crippen molar-refractivity contribution in [2.45, 2.75) is 19.8 Å². The van der Waals surface area contributed by atoms with Crippen molar-refractivity contribution in [1.29, 1.82) is 0 Å². The van der Waals surface area contributed by atoms with Gasteiger partial charge in [-0.25, -0.2) is 0 Å². The fourth-order valence-corrected chi connectivity index (χ4v) is 3.22. The molecule has 0 N–H and O–H groups in total. The SMILES string of the molecule is CCOC(=O)C1(CI)CCc2cccnc2C1=O. The average molecular weight is 359 g/mol. The molecule has 1 aliphatic rings. The van der Waals surface area contributed by atoms with Gasteiger partial charge in [-0.3, -0.25) is 14.6 Å². The zero-order valence-electron chi connectivity index (χ0n) is 10.1. The second kappa shape index (κ2) is 5.34. The molecule has 0 aliphatic heterocycles. The number of aromatic nitrogens is 1. The first-order chi connectivity index (χ1) is 8.65. The molecule has 0 spiro atoms. The third kappa shape index (κ3) is 2.04. The van der Waals surface area contributed by atoms with Crippen LogP contribution in [0, 0.1) is 5.41 Å². The van der Waals surface area contributed by atoms with Gasteiger partial charge in [-0.2, -0.15) is 0 Å². The maximum atomic E-state index is 12.5. The molecule has 1 aliphatic carbocycles. The van der Waals surface area contributed by atoms with Gasteiger partial charge in [0, 0.05) is 10.6 Å². The maximum Gasteiger partial charge on any atom is 0.320 e. The van der Waals surface area contributed by atoms with E-state index in [0.29, 0.717) is 29.6 Å². The number of halogens is 1. The van der Waals surface area contributed by atoms with E-state index in [-0.39, 0.29) is 5.78 Å². The van der Waals surface area contributed by atoms with Gasteiger partial charge in [0.05, 0.1) is 6.61 Å². The fraction of sp³-hybridized carbons (Fsp3) is 0.462. The van der Waals surface area contributed by atoms with E-state index in [9.17, 15) is 9.59 Å². The highest BCUT2D eigenvalue weighted by molar-refractivity contribution is 14.1. The zero-order chi connectivity index (χ0) is 13.2. The van der Waals surface area contributed by atoms with Gasteiger partial charge in [0.15, 0.2) is 5.78 Å². The first-order valence-corrected chi connectivity index (χ1v) is 7.40. The van der Waals surface area contributed by atoms with Gasteiger partial charge in [0.25, 0.3) is 0 Å². The average Bonchev–Trinajstić information content (AvgIpc) is 2.40. The minimum absolute atomic E-state index is 0.197. The van der Waals surface area contributed by atoms with E-state index in [1.165, 1.54) is 0 Å². The highest BCUT2D eigenvalue weighted by Gasteiger charge is 2.49. The Balaban J connectivity index is 2.42. The molecular weight excluding hydrogens is 345 g/mol. The van der Waals surface area contributed by atoms with Crippen LogP contribution in [0.4, 0.5) is 0 Å². The Hall–Kier alpha value is -0.980. The molecule has 0 fully saturated rings. The summed E-state index contributed by atoms with van der Waals surface area (Å²) in [5.41, 5.74) is 0.304. The van der Waals surface area contributed by atoms with E-state index in [4.69, 9.17) is 4.74 Å². The summed E-state index contributed by atoms with van der Waals surface area (Å²) in [6.07, 6.45) is 2.79. The molecule has 1 aromatic rings. The molecule has 0 saturated heterocycles. The van der Waals surface area contributed by atoms with E-state index >= 15 is 0 Å². The van der Waals surface area contributed by atoms with E-state index < -0.39 is 11.4 Å². The third-order valence-corrected chi connectivity index (χ3v) is 4.56. The summed E-state index contributed by atoms with van der Waals surface area (Å²) in [5.74, 6) is -0.613. The van der Waals surface area contributed by atoms with Crippen molar-refractivity contribution in [2.24, 2.45) is 5.41 Å². The number of esters is 1. The van der Waals surface area contributed by atoms with Crippen LogP contribution in [0.5, 0.6) is 0 Å². The van der Waals surface area contributed by atoms with Gasteiger partial charge >= 0.3 is 5.97 Å². The van der Waals surface area contributed by atoms with Crippen LogP contribution >= 0.6 is 22.6 Å². The van der Waals surface area contributed by atoms with Crippen molar-refractivity contribution in [3.8, 4) is 0 Å². The number of carbonyl (C=O) groups is 2. The van der Waals surface area contributed by atoms with Crippen LogP contribution in [0.3, 0.4) is 0 Å². The number of aryl methyl sites for hydroxylation is 1. The lowest BCUT2D eigenvalue weighted by atomic mass is 9.73. The van der Waals surface area contributed by atoms with E-state index in [0.717, 1.165) is 5.56 Å². The molecule has 4 nitrogen and oxygen atoms in total. The number of rotatable bonds is 3. The molecule has 5 heteroatoms. The van der Waals surface area contributed by atoms with Crippen LogP contribution in [0.2, 0.25) is 0 Å². The lowest BCUT2D eigenvalue weighted by Crippen LogP contribution is -2.46. The van der Waals surface area contributed by atoms with E-state index in [1.807, 2.05) is 12.1 Å². The first kappa shape index (κ1) is 13.5. The molecule has 1 atom stereocenters. The smallest absolute Gasteiger partial charge is 0.320 e. The number of nitrogens with zero attached hydrogens (tertiary/aromatic N) is 1. The summed E-state index contributed by atoms with van der Waals surface area (Å²) < 4.78 is 5.50. The topological polar surface area (TPSA) is 56.3 Å². The minimum Gasteiger partial charge on any atom is -0.465 e.